The monoisotopic (exact) mass is 264 g/mol. The predicted molar refractivity (Wildman–Crippen MR) is 66.7 cm³/mol. The van der Waals surface area contributed by atoms with Crippen LogP contribution in [0.1, 0.15) is 53.9 Å². The third-order valence-electron chi connectivity index (χ3n) is 5.22. The van der Waals surface area contributed by atoms with E-state index in [-0.39, 0.29) is 5.41 Å². The van der Waals surface area contributed by atoms with Crippen LogP contribution in [0.15, 0.2) is 0 Å². The minimum Gasteiger partial charge on any atom is -0.477 e. The molecule has 96 valence electrons. The van der Waals surface area contributed by atoms with Crippen molar-refractivity contribution in [3.05, 3.63) is 10.6 Å². The molecule has 18 heavy (non-hydrogen) atoms. The average molecular weight is 264 g/mol. The van der Waals surface area contributed by atoms with Crippen LogP contribution in [-0.4, -0.2) is 20.7 Å². The van der Waals surface area contributed by atoms with Crippen LogP contribution in [0.3, 0.4) is 0 Å². The molecular weight excluding hydrogens is 248 g/mol. The number of aromatic carboxylic acids is 1. The summed E-state index contributed by atoms with van der Waals surface area (Å²) in [5.74, 6) is 1.56. The zero-order chi connectivity index (χ0) is 12.3. The van der Waals surface area contributed by atoms with E-state index in [2.05, 4.69) is 9.59 Å². The maximum atomic E-state index is 11.3. The van der Waals surface area contributed by atoms with Gasteiger partial charge in [-0.15, -0.1) is 5.10 Å². The lowest BCUT2D eigenvalue weighted by atomic mass is 9.48. The van der Waals surface area contributed by atoms with Crippen LogP contribution >= 0.6 is 11.5 Å². The third kappa shape index (κ3) is 1.40. The van der Waals surface area contributed by atoms with Gasteiger partial charge in [0.25, 0.3) is 0 Å². The van der Waals surface area contributed by atoms with Crippen LogP contribution in [0.2, 0.25) is 0 Å². The summed E-state index contributed by atoms with van der Waals surface area (Å²) in [6.07, 6.45) is 7.51. The maximum Gasteiger partial charge on any atom is 0.349 e. The molecule has 0 spiro atoms. The zero-order valence-corrected chi connectivity index (χ0v) is 10.9. The first-order chi connectivity index (χ1) is 8.66. The summed E-state index contributed by atoms with van der Waals surface area (Å²) in [6, 6.07) is 0. The SMILES string of the molecule is O=C(O)c1snnc1C12CC3CC(CC(C3)C1)C2. The highest BCUT2D eigenvalue weighted by molar-refractivity contribution is 7.07. The van der Waals surface area contributed by atoms with E-state index < -0.39 is 5.97 Å². The Kier molecular flexibility index (Phi) is 2.14. The smallest absolute Gasteiger partial charge is 0.349 e. The topological polar surface area (TPSA) is 63.1 Å². The van der Waals surface area contributed by atoms with Gasteiger partial charge in [0.05, 0.1) is 5.69 Å². The van der Waals surface area contributed by atoms with Crippen LogP contribution in [-0.2, 0) is 5.41 Å². The van der Waals surface area contributed by atoms with Crippen molar-refractivity contribution < 1.29 is 9.90 Å². The number of carbonyl (C=O) groups is 1. The molecule has 4 aliphatic carbocycles. The molecule has 1 heterocycles. The van der Waals surface area contributed by atoms with Gasteiger partial charge in [0.2, 0.25) is 0 Å². The van der Waals surface area contributed by atoms with Gasteiger partial charge in [-0.3, -0.25) is 0 Å². The first kappa shape index (κ1) is 10.9. The Balaban J connectivity index is 1.79. The van der Waals surface area contributed by atoms with Crippen molar-refractivity contribution in [3.63, 3.8) is 0 Å². The molecule has 0 amide bonds. The van der Waals surface area contributed by atoms with E-state index in [0.717, 1.165) is 54.2 Å². The highest BCUT2D eigenvalue weighted by atomic mass is 32.1. The average Bonchev–Trinajstić information content (AvgIpc) is 2.76. The Morgan fingerprint density at radius 3 is 2.22 bits per heavy atom. The summed E-state index contributed by atoms with van der Waals surface area (Å²) in [5, 5.41) is 13.5. The first-order valence-corrected chi connectivity index (χ1v) is 7.50. The minimum absolute atomic E-state index is 0.0511. The van der Waals surface area contributed by atoms with Gasteiger partial charge in [-0.25, -0.2) is 4.79 Å². The fourth-order valence-corrected chi connectivity index (χ4v) is 5.70. The number of rotatable bonds is 2. The fourth-order valence-electron chi connectivity index (χ4n) is 5.08. The number of nitrogens with zero attached hydrogens (tertiary/aromatic N) is 2. The van der Waals surface area contributed by atoms with E-state index in [0.29, 0.717) is 4.88 Å². The highest BCUT2D eigenvalue weighted by Crippen LogP contribution is 2.60. The molecule has 4 saturated carbocycles. The van der Waals surface area contributed by atoms with E-state index in [1.807, 2.05) is 0 Å². The standard InChI is InChI=1S/C13H16N2O2S/c16-12(17)10-11(14-15-18-10)13-4-7-1-8(5-13)3-9(2-7)6-13/h7-9H,1-6H2,(H,16,17). The van der Waals surface area contributed by atoms with E-state index >= 15 is 0 Å². The van der Waals surface area contributed by atoms with E-state index in [4.69, 9.17) is 0 Å². The van der Waals surface area contributed by atoms with Crippen LogP contribution in [0.25, 0.3) is 0 Å². The van der Waals surface area contributed by atoms with Gasteiger partial charge in [-0.2, -0.15) is 0 Å². The molecule has 1 aromatic rings. The molecule has 0 saturated heterocycles. The summed E-state index contributed by atoms with van der Waals surface area (Å²) in [5.41, 5.74) is 0.856. The molecule has 4 fully saturated rings. The Hall–Kier alpha value is -0.970. The largest absolute Gasteiger partial charge is 0.477 e. The first-order valence-electron chi connectivity index (χ1n) is 6.72. The summed E-state index contributed by atoms with van der Waals surface area (Å²) >= 11 is 1.05. The second-order valence-electron chi connectivity index (χ2n) is 6.45. The Labute approximate surface area is 110 Å². The zero-order valence-electron chi connectivity index (χ0n) is 10.1. The van der Waals surface area contributed by atoms with Crippen LogP contribution in [0.5, 0.6) is 0 Å². The second-order valence-corrected chi connectivity index (χ2v) is 7.21. The molecule has 0 unspecified atom stereocenters. The van der Waals surface area contributed by atoms with Gasteiger partial charge >= 0.3 is 5.97 Å². The molecule has 0 aliphatic heterocycles. The molecule has 0 radical (unpaired) electrons. The molecule has 5 rings (SSSR count). The van der Waals surface area contributed by atoms with Crippen molar-refractivity contribution in [2.24, 2.45) is 17.8 Å². The molecule has 4 bridgehead atoms. The normalized spacial score (nSPS) is 41.2. The van der Waals surface area contributed by atoms with Gasteiger partial charge in [-0.1, -0.05) is 4.49 Å². The molecule has 4 nitrogen and oxygen atoms in total. The molecule has 1 aromatic heterocycles. The summed E-state index contributed by atoms with van der Waals surface area (Å²) < 4.78 is 3.91. The van der Waals surface area contributed by atoms with Gasteiger partial charge in [-0.05, 0) is 67.8 Å². The lowest BCUT2D eigenvalue weighted by Gasteiger charge is -2.56. The van der Waals surface area contributed by atoms with Crippen LogP contribution in [0, 0.1) is 17.8 Å². The quantitative estimate of drug-likeness (QED) is 0.892. The molecule has 0 atom stereocenters. The highest BCUT2D eigenvalue weighted by Gasteiger charge is 2.54. The minimum atomic E-state index is -0.851. The third-order valence-corrected chi connectivity index (χ3v) is 5.94. The van der Waals surface area contributed by atoms with Crippen molar-refractivity contribution >= 4 is 17.5 Å². The van der Waals surface area contributed by atoms with Crippen molar-refractivity contribution in [2.45, 2.75) is 43.9 Å². The number of carboxylic acid groups (broad SMARTS) is 1. The van der Waals surface area contributed by atoms with Crippen molar-refractivity contribution in [1.82, 2.24) is 9.59 Å². The summed E-state index contributed by atoms with van der Waals surface area (Å²) in [6.45, 7) is 0. The van der Waals surface area contributed by atoms with Crippen molar-refractivity contribution in [3.8, 4) is 0 Å². The van der Waals surface area contributed by atoms with Crippen LogP contribution in [0.4, 0.5) is 0 Å². The Morgan fingerprint density at radius 1 is 1.17 bits per heavy atom. The molecular formula is C13H16N2O2S. The van der Waals surface area contributed by atoms with E-state index in [1.165, 1.54) is 19.3 Å². The number of hydrogen-bond donors (Lipinski definition) is 1. The van der Waals surface area contributed by atoms with E-state index in [9.17, 15) is 9.90 Å². The molecule has 0 aromatic carbocycles. The molecule has 4 aliphatic rings. The fraction of sp³-hybridized carbons (Fsp3) is 0.769. The Morgan fingerprint density at radius 2 is 1.72 bits per heavy atom. The Bertz CT molecular complexity index is 476. The van der Waals surface area contributed by atoms with Crippen molar-refractivity contribution in [1.29, 1.82) is 0 Å². The predicted octanol–water partition coefficient (Wildman–Crippen LogP) is 2.70. The number of aromatic nitrogens is 2. The van der Waals surface area contributed by atoms with Gasteiger partial charge < -0.3 is 5.11 Å². The number of carboxylic acids is 1. The molecule has 5 heteroatoms. The lowest BCUT2D eigenvalue weighted by molar-refractivity contribution is -0.00779. The maximum absolute atomic E-state index is 11.3. The van der Waals surface area contributed by atoms with Gasteiger partial charge in [0.1, 0.15) is 0 Å². The van der Waals surface area contributed by atoms with Gasteiger partial charge in [0, 0.05) is 5.41 Å². The lowest BCUT2D eigenvalue weighted by Crippen LogP contribution is -2.49. The second kappa shape index (κ2) is 3.53. The van der Waals surface area contributed by atoms with E-state index in [1.54, 1.807) is 0 Å². The molecule has 1 N–H and O–H groups in total. The van der Waals surface area contributed by atoms with Crippen LogP contribution < -0.4 is 0 Å². The van der Waals surface area contributed by atoms with Crippen molar-refractivity contribution in [2.75, 3.05) is 0 Å². The summed E-state index contributed by atoms with van der Waals surface area (Å²) in [4.78, 5) is 11.7. The summed E-state index contributed by atoms with van der Waals surface area (Å²) in [7, 11) is 0. The van der Waals surface area contributed by atoms with Gasteiger partial charge in [0.15, 0.2) is 4.88 Å². The number of hydrogen-bond acceptors (Lipinski definition) is 4.